The summed E-state index contributed by atoms with van der Waals surface area (Å²) in [5.74, 6) is 0.389. The molecule has 0 aliphatic heterocycles. The van der Waals surface area contributed by atoms with Crippen molar-refractivity contribution in [1.82, 2.24) is 0 Å². The van der Waals surface area contributed by atoms with E-state index >= 15 is 0 Å². The fourth-order valence-electron chi connectivity index (χ4n) is 2.18. The first kappa shape index (κ1) is 12.3. The van der Waals surface area contributed by atoms with Gasteiger partial charge in [-0.1, -0.05) is 51.1 Å². The Balaban J connectivity index is 3.26. The molecule has 0 fully saturated rings. The number of aliphatic hydroxyl groups is 1. The molecule has 0 bridgehead atoms. The van der Waals surface area contributed by atoms with E-state index in [-0.39, 0.29) is 5.41 Å². The molecule has 0 aromatic heterocycles. The van der Waals surface area contributed by atoms with Gasteiger partial charge in [0.15, 0.2) is 0 Å². The highest BCUT2D eigenvalue weighted by Crippen LogP contribution is 2.41. The smallest absolute Gasteiger partial charge is 0.0687 e. The van der Waals surface area contributed by atoms with Crippen LogP contribution in [0.3, 0.4) is 0 Å². The van der Waals surface area contributed by atoms with E-state index in [1.165, 1.54) is 5.56 Å². The zero-order chi connectivity index (χ0) is 11.7. The van der Waals surface area contributed by atoms with Crippen LogP contribution < -0.4 is 0 Å². The molecular weight excluding hydrogens is 184 g/mol. The molecule has 0 radical (unpaired) electrons. The molecular formula is C14H22O. The first-order valence-electron chi connectivity index (χ1n) is 5.58. The van der Waals surface area contributed by atoms with Crippen molar-refractivity contribution in [3.8, 4) is 0 Å². The maximum absolute atomic E-state index is 10.4. The second-order valence-corrected chi connectivity index (χ2v) is 5.28. The van der Waals surface area contributed by atoms with Crippen molar-refractivity contribution in [3.05, 3.63) is 35.9 Å². The van der Waals surface area contributed by atoms with Gasteiger partial charge in [0.25, 0.3) is 0 Å². The monoisotopic (exact) mass is 206 g/mol. The van der Waals surface area contributed by atoms with Crippen LogP contribution in [0, 0.1) is 5.92 Å². The Morgan fingerprint density at radius 1 is 1.00 bits per heavy atom. The summed E-state index contributed by atoms with van der Waals surface area (Å²) >= 11 is 0. The average molecular weight is 206 g/mol. The lowest BCUT2D eigenvalue weighted by Crippen LogP contribution is -2.48. The van der Waals surface area contributed by atoms with Crippen molar-refractivity contribution in [3.63, 3.8) is 0 Å². The minimum Gasteiger partial charge on any atom is -0.390 e. The summed E-state index contributed by atoms with van der Waals surface area (Å²) in [6, 6.07) is 10.3. The van der Waals surface area contributed by atoms with Gasteiger partial charge in [0.2, 0.25) is 0 Å². The molecule has 1 atom stereocenters. The second kappa shape index (κ2) is 3.97. The van der Waals surface area contributed by atoms with Gasteiger partial charge in [0.1, 0.15) is 0 Å². The summed E-state index contributed by atoms with van der Waals surface area (Å²) in [6.07, 6.45) is 0. The molecule has 1 aromatic carbocycles. The molecule has 1 heteroatoms. The predicted molar refractivity (Wildman–Crippen MR) is 64.9 cm³/mol. The lowest BCUT2D eigenvalue weighted by molar-refractivity contribution is -0.0215. The third-order valence-corrected chi connectivity index (χ3v) is 3.80. The summed E-state index contributed by atoms with van der Waals surface area (Å²) < 4.78 is 0. The van der Waals surface area contributed by atoms with Crippen molar-refractivity contribution in [1.29, 1.82) is 0 Å². The fraction of sp³-hybridized carbons (Fsp3) is 0.571. The van der Waals surface area contributed by atoms with Gasteiger partial charge in [-0.3, -0.25) is 0 Å². The van der Waals surface area contributed by atoms with Gasteiger partial charge in [-0.05, 0) is 25.3 Å². The van der Waals surface area contributed by atoms with Gasteiger partial charge in [0, 0.05) is 5.41 Å². The highest BCUT2D eigenvalue weighted by Gasteiger charge is 2.43. The Kier molecular flexibility index (Phi) is 3.25. The molecule has 1 rings (SSSR count). The minimum atomic E-state index is -0.720. The number of hydrogen-bond acceptors (Lipinski definition) is 1. The molecule has 0 aliphatic carbocycles. The molecule has 15 heavy (non-hydrogen) atoms. The van der Waals surface area contributed by atoms with Crippen molar-refractivity contribution in [2.75, 3.05) is 0 Å². The van der Waals surface area contributed by atoms with Crippen LogP contribution in [0.5, 0.6) is 0 Å². The van der Waals surface area contributed by atoms with Gasteiger partial charge in [-0.15, -0.1) is 0 Å². The largest absolute Gasteiger partial charge is 0.390 e. The zero-order valence-corrected chi connectivity index (χ0v) is 10.4. The third-order valence-electron chi connectivity index (χ3n) is 3.80. The highest BCUT2D eigenvalue weighted by molar-refractivity contribution is 5.28. The first-order valence-corrected chi connectivity index (χ1v) is 5.58. The zero-order valence-electron chi connectivity index (χ0n) is 10.4. The van der Waals surface area contributed by atoms with E-state index in [9.17, 15) is 5.11 Å². The predicted octanol–water partition coefficient (Wildman–Crippen LogP) is 3.37. The molecule has 0 aliphatic rings. The lowest BCUT2D eigenvalue weighted by Gasteiger charge is -2.44. The summed E-state index contributed by atoms with van der Waals surface area (Å²) in [6.45, 7) is 10.2. The van der Waals surface area contributed by atoms with Gasteiger partial charge in [0.05, 0.1) is 5.60 Å². The average Bonchev–Trinajstić information content (AvgIpc) is 2.16. The van der Waals surface area contributed by atoms with Gasteiger partial charge < -0.3 is 5.11 Å². The molecule has 0 amide bonds. The number of rotatable bonds is 3. The normalized spacial score (nSPS) is 16.5. The molecule has 1 unspecified atom stereocenters. The topological polar surface area (TPSA) is 20.2 Å². The van der Waals surface area contributed by atoms with Crippen LogP contribution in [-0.2, 0) is 5.41 Å². The third kappa shape index (κ3) is 2.07. The van der Waals surface area contributed by atoms with Crippen LogP contribution in [0.2, 0.25) is 0 Å². The van der Waals surface area contributed by atoms with Crippen LogP contribution in [0.4, 0.5) is 0 Å². The molecule has 1 N–H and O–H groups in total. The Morgan fingerprint density at radius 3 is 1.80 bits per heavy atom. The summed E-state index contributed by atoms with van der Waals surface area (Å²) in [5.41, 5.74) is 0.268. The Bertz CT molecular complexity index is 308. The van der Waals surface area contributed by atoms with Gasteiger partial charge in [-0.2, -0.15) is 0 Å². The fourth-order valence-corrected chi connectivity index (χ4v) is 2.18. The van der Waals surface area contributed by atoms with Crippen LogP contribution in [0.1, 0.15) is 40.2 Å². The molecule has 0 saturated carbocycles. The van der Waals surface area contributed by atoms with Crippen molar-refractivity contribution < 1.29 is 5.11 Å². The molecule has 0 heterocycles. The van der Waals surface area contributed by atoms with Crippen molar-refractivity contribution in [2.45, 2.75) is 45.6 Å². The molecule has 0 spiro atoms. The van der Waals surface area contributed by atoms with E-state index in [1.807, 2.05) is 32.0 Å². The van der Waals surface area contributed by atoms with Crippen LogP contribution in [-0.4, -0.2) is 10.7 Å². The van der Waals surface area contributed by atoms with E-state index < -0.39 is 5.60 Å². The van der Waals surface area contributed by atoms with Crippen LogP contribution in [0.25, 0.3) is 0 Å². The van der Waals surface area contributed by atoms with Crippen molar-refractivity contribution in [2.24, 2.45) is 5.92 Å². The quantitative estimate of drug-likeness (QED) is 0.804. The molecule has 1 aromatic rings. The molecule has 1 nitrogen and oxygen atoms in total. The Hall–Kier alpha value is -0.820. The second-order valence-electron chi connectivity index (χ2n) is 5.28. The van der Waals surface area contributed by atoms with Gasteiger partial charge >= 0.3 is 0 Å². The number of benzene rings is 1. The van der Waals surface area contributed by atoms with Crippen molar-refractivity contribution >= 4 is 0 Å². The Labute approximate surface area is 93.1 Å². The van der Waals surface area contributed by atoms with Crippen LogP contribution in [0.15, 0.2) is 30.3 Å². The van der Waals surface area contributed by atoms with E-state index in [0.717, 1.165) is 0 Å². The summed E-state index contributed by atoms with van der Waals surface area (Å²) in [4.78, 5) is 0. The van der Waals surface area contributed by atoms with Crippen LogP contribution >= 0.6 is 0 Å². The van der Waals surface area contributed by atoms with E-state index in [1.54, 1.807) is 0 Å². The molecule has 0 saturated heterocycles. The standard InChI is InChI=1S/C14H22O/c1-11(2)14(5,13(3,4)15)12-9-7-6-8-10-12/h6-11,15H,1-5H3. The van der Waals surface area contributed by atoms with E-state index in [0.29, 0.717) is 5.92 Å². The van der Waals surface area contributed by atoms with Gasteiger partial charge in [-0.25, -0.2) is 0 Å². The summed E-state index contributed by atoms with van der Waals surface area (Å²) in [7, 11) is 0. The summed E-state index contributed by atoms with van der Waals surface area (Å²) in [5, 5.41) is 10.4. The maximum Gasteiger partial charge on any atom is 0.0687 e. The minimum absolute atomic E-state index is 0.214. The number of hydrogen-bond donors (Lipinski definition) is 1. The SMILES string of the molecule is CC(C)C(C)(c1ccccc1)C(C)(C)O. The van der Waals surface area contributed by atoms with E-state index in [2.05, 4.69) is 32.9 Å². The lowest BCUT2D eigenvalue weighted by atomic mass is 9.63. The Morgan fingerprint density at radius 2 is 1.47 bits per heavy atom. The first-order chi connectivity index (χ1) is 6.80. The maximum atomic E-state index is 10.4. The molecule has 84 valence electrons. The van der Waals surface area contributed by atoms with E-state index in [4.69, 9.17) is 0 Å². The highest BCUT2D eigenvalue weighted by atomic mass is 16.3.